The fourth-order valence-electron chi connectivity index (χ4n) is 1.63. The number of cyclic esters (lactones) is 1. The standard InChI is InChI=1S/C13H22O3S/c1-7-8(2)9(14)13(6)10(15)16-11(17-13)12(3,4)5/h7,9,11,14H,1-6H3/t9?,11-,13-/m1/s1. The van der Waals surface area contributed by atoms with Gasteiger partial charge >= 0.3 is 5.97 Å². The molecule has 17 heavy (non-hydrogen) atoms. The molecule has 1 heterocycles. The molecule has 3 nitrogen and oxygen atoms in total. The van der Waals surface area contributed by atoms with Crippen molar-refractivity contribution in [3.8, 4) is 0 Å². The minimum atomic E-state index is -0.894. The Morgan fingerprint density at radius 3 is 2.47 bits per heavy atom. The van der Waals surface area contributed by atoms with Crippen LogP contribution in [-0.4, -0.2) is 27.4 Å². The average molecular weight is 258 g/mol. The molecule has 0 aromatic rings. The van der Waals surface area contributed by atoms with Gasteiger partial charge in [0, 0.05) is 5.41 Å². The molecule has 1 aliphatic rings. The minimum absolute atomic E-state index is 0.123. The highest BCUT2D eigenvalue weighted by atomic mass is 32.2. The zero-order valence-corrected chi connectivity index (χ0v) is 12.2. The Morgan fingerprint density at radius 1 is 1.59 bits per heavy atom. The molecular formula is C13H22O3S. The van der Waals surface area contributed by atoms with Crippen LogP contribution >= 0.6 is 11.8 Å². The molecule has 0 bridgehead atoms. The van der Waals surface area contributed by atoms with Crippen LogP contribution in [0.5, 0.6) is 0 Å². The van der Waals surface area contributed by atoms with E-state index in [0.717, 1.165) is 5.57 Å². The SMILES string of the molecule is CC=C(C)C(O)[C@@]1(C)S[C@H](C(C)(C)C)OC1=O. The van der Waals surface area contributed by atoms with Gasteiger partial charge in [0.25, 0.3) is 0 Å². The van der Waals surface area contributed by atoms with E-state index in [4.69, 9.17) is 4.74 Å². The highest BCUT2D eigenvalue weighted by Gasteiger charge is 2.54. The smallest absolute Gasteiger partial charge is 0.326 e. The summed E-state index contributed by atoms with van der Waals surface area (Å²) in [6.07, 6.45) is 1.03. The zero-order valence-electron chi connectivity index (χ0n) is 11.4. The van der Waals surface area contributed by atoms with Gasteiger partial charge in [0.1, 0.15) is 4.75 Å². The third-order valence-corrected chi connectivity index (χ3v) is 4.98. The number of thioether (sulfide) groups is 1. The van der Waals surface area contributed by atoms with Crippen molar-refractivity contribution in [2.24, 2.45) is 5.41 Å². The maximum atomic E-state index is 12.0. The average Bonchev–Trinajstić information content (AvgIpc) is 2.54. The number of esters is 1. The van der Waals surface area contributed by atoms with Crippen LogP contribution in [0.1, 0.15) is 41.5 Å². The largest absolute Gasteiger partial charge is 0.450 e. The molecule has 1 fully saturated rings. The third-order valence-electron chi connectivity index (χ3n) is 3.09. The van der Waals surface area contributed by atoms with Crippen LogP contribution in [0.2, 0.25) is 0 Å². The second-order valence-corrected chi connectivity index (χ2v) is 7.28. The van der Waals surface area contributed by atoms with Gasteiger partial charge < -0.3 is 9.84 Å². The Kier molecular flexibility index (Phi) is 3.99. The van der Waals surface area contributed by atoms with Crippen molar-refractivity contribution in [3.63, 3.8) is 0 Å². The summed E-state index contributed by atoms with van der Waals surface area (Å²) in [5.41, 5.74) is 0.465. The monoisotopic (exact) mass is 258 g/mol. The summed E-state index contributed by atoms with van der Waals surface area (Å²) in [5, 5.41) is 10.2. The first-order valence-electron chi connectivity index (χ1n) is 5.82. The second-order valence-electron chi connectivity index (χ2n) is 5.76. The van der Waals surface area contributed by atoms with E-state index in [1.54, 1.807) is 6.92 Å². The summed E-state index contributed by atoms with van der Waals surface area (Å²) in [6, 6.07) is 0. The van der Waals surface area contributed by atoms with E-state index in [-0.39, 0.29) is 16.8 Å². The van der Waals surface area contributed by atoms with E-state index in [1.807, 2.05) is 40.7 Å². The number of ether oxygens (including phenoxy) is 1. The summed E-state index contributed by atoms with van der Waals surface area (Å²) < 4.78 is 4.50. The maximum Gasteiger partial charge on any atom is 0.326 e. The fraction of sp³-hybridized carbons (Fsp3) is 0.769. The van der Waals surface area contributed by atoms with Gasteiger partial charge in [0.05, 0.1) is 6.10 Å². The van der Waals surface area contributed by atoms with Crippen molar-refractivity contribution < 1.29 is 14.6 Å². The van der Waals surface area contributed by atoms with Gasteiger partial charge in [-0.1, -0.05) is 38.6 Å². The first kappa shape index (κ1) is 14.6. The lowest BCUT2D eigenvalue weighted by Gasteiger charge is -2.28. The lowest BCUT2D eigenvalue weighted by atomic mass is 9.97. The molecule has 98 valence electrons. The Morgan fingerprint density at radius 2 is 2.12 bits per heavy atom. The third kappa shape index (κ3) is 2.68. The van der Waals surface area contributed by atoms with Crippen molar-refractivity contribution >= 4 is 17.7 Å². The molecule has 0 saturated carbocycles. The van der Waals surface area contributed by atoms with Crippen LogP contribution in [0.4, 0.5) is 0 Å². The van der Waals surface area contributed by atoms with E-state index in [9.17, 15) is 9.90 Å². The van der Waals surface area contributed by atoms with Crippen molar-refractivity contribution in [2.75, 3.05) is 0 Å². The van der Waals surface area contributed by atoms with Gasteiger partial charge in [-0.3, -0.25) is 4.79 Å². The normalized spacial score (nSPS) is 32.5. The van der Waals surface area contributed by atoms with Crippen LogP contribution < -0.4 is 0 Å². The van der Waals surface area contributed by atoms with Gasteiger partial charge in [0.2, 0.25) is 0 Å². The maximum absolute atomic E-state index is 12.0. The lowest BCUT2D eigenvalue weighted by molar-refractivity contribution is -0.150. The predicted octanol–water partition coefficient (Wildman–Crippen LogP) is 2.73. The Balaban J connectivity index is 2.96. The van der Waals surface area contributed by atoms with E-state index in [2.05, 4.69) is 0 Å². The van der Waals surface area contributed by atoms with Crippen LogP contribution in [0.25, 0.3) is 0 Å². The highest BCUT2D eigenvalue weighted by Crippen LogP contribution is 2.48. The second kappa shape index (κ2) is 4.65. The Bertz CT molecular complexity index is 343. The van der Waals surface area contributed by atoms with Crippen LogP contribution in [0, 0.1) is 5.41 Å². The molecule has 0 aliphatic carbocycles. The van der Waals surface area contributed by atoms with E-state index < -0.39 is 10.9 Å². The first-order chi connectivity index (χ1) is 7.63. The number of aliphatic hydroxyl groups excluding tert-OH is 1. The number of hydrogen-bond acceptors (Lipinski definition) is 4. The molecule has 0 radical (unpaired) electrons. The van der Waals surface area contributed by atoms with Crippen LogP contribution in [-0.2, 0) is 9.53 Å². The summed E-state index contributed by atoms with van der Waals surface area (Å²) in [6.45, 7) is 11.5. The fourth-order valence-corrected chi connectivity index (χ4v) is 3.02. The van der Waals surface area contributed by atoms with Gasteiger partial charge in [-0.2, -0.15) is 0 Å². The molecule has 1 saturated heterocycles. The zero-order chi connectivity index (χ0) is 13.4. The molecule has 1 unspecified atom stereocenters. The topological polar surface area (TPSA) is 46.5 Å². The van der Waals surface area contributed by atoms with Crippen LogP contribution in [0.3, 0.4) is 0 Å². The molecular weight excluding hydrogens is 236 g/mol. The lowest BCUT2D eigenvalue weighted by Crippen LogP contribution is -2.41. The Labute approximate surface area is 108 Å². The van der Waals surface area contributed by atoms with E-state index >= 15 is 0 Å². The van der Waals surface area contributed by atoms with Crippen molar-refractivity contribution in [1.29, 1.82) is 0 Å². The van der Waals surface area contributed by atoms with Gasteiger partial charge in [-0.15, -0.1) is 0 Å². The number of hydrogen-bond donors (Lipinski definition) is 1. The molecule has 0 aromatic heterocycles. The summed E-state index contributed by atoms with van der Waals surface area (Å²) in [7, 11) is 0. The van der Waals surface area contributed by atoms with Gasteiger partial charge in [-0.25, -0.2) is 0 Å². The minimum Gasteiger partial charge on any atom is -0.450 e. The number of carbonyl (C=O) groups excluding carboxylic acids is 1. The molecule has 0 amide bonds. The molecule has 4 heteroatoms. The summed E-state index contributed by atoms with van der Waals surface area (Å²) >= 11 is 1.42. The van der Waals surface area contributed by atoms with E-state index in [1.165, 1.54) is 11.8 Å². The van der Waals surface area contributed by atoms with Gasteiger partial charge in [0.15, 0.2) is 5.44 Å². The number of carbonyl (C=O) groups is 1. The van der Waals surface area contributed by atoms with E-state index in [0.29, 0.717) is 0 Å². The quantitative estimate of drug-likeness (QED) is 0.611. The molecule has 0 spiro atoms. The van der Waals surface area contributed by atoms with Crippen molar-refractivity contribution in [1.82, 2.24) is 0 Å². The summed E-state index contributed by atoms with van der Waals surface area (Å²) in [5.74, 6) is -0.323. The molecule has 0 aromatic carbocycles. The first-order valence-corrected chi connectivity index (χ1v) is 6.70. The van der Waals surface area contributed by atoms with Crippen LogP contribution in [0.15, 0.2) is 11.6 Å². The molecule has 1 aliphatic heterocycles. The number of allylic oxidation sites excluding steroid dienone is 1. The summed E-state index contributed by atoms with van der Waals surface area (Å²) in [4.78, 5) is 12.0. The predicted molar refractivity (Wildman–Crippen MR) is 70.8 cm³/mol. The molecule has 3 atom stereocenters. The van der Waals surface area contributed by atoms with Crippen molar-refractivity contribution in [2.45, 2.75) is 57.8 Å². The number of rotatable bonds is 2. The number of aliphatic hydroxyl groups is 1. The Hall–Kier alpha value is -0.480. The van der Waals surface area contributed by atoms with Crippen molar-refractivity contribution in [3.05, 3.63) is 11.6 Å². The molecule has 1 N–H and O–H groups in total. The molecule has 1 rings (SSSR count). The van der Waals surface area contributed by atoms with Gasteiger partial charge in [-0.05, 0) is 26.3 Å². The highest BCUT2D eigenvalue weighted by molar-refractivity contribution is 8.02.